The van der Waals surface area contributed by atoms with Gasteiger partial charge in [0.05, 0.1) is 43.3 Å². The molecule has 38 heavy (non-hydrogen) atoms. The molecule has 0 saturated carbocycles. The van der Waals surface area contributed by atoms with Gasteiger partial charge >= 0.3 is 12.2 Å². The molecule has 0 atom stereocenters. The Bertz CT molecular complexity index is 1400. The summed E-state index contributed by atoms with van der Waals surface area (Å²) in [5.74, 6) is 1.41. The third kappa shape index (κ3) is 4.83. The van der Waals surface area contributed by atoms with Crippen LogP contribution < -0.4 is 19.3 Å². The van der Waals surface area contributed by atoms with E-state index in [2.05, 4.69) is 9.97 Å². The number of benzene rings is 2. The summed E-state index contributed by atoms with van der Waals surface area (Å²) in [5.41, 5.74) is 0.661. The van der Waals surface area contributed by atoms with E-state index in [1.54, 1.807) is 12.1 Å². The number of hydrogen-bond donors (Lipinski definition) is 0. The number of ether oxygens (including phenoxy) is 4. The number of hydrogen-bond acceptors (Lipinski definition) is 9. The molecular formula is C27H31N5O6. The lowest BCUT2D eigenvalue weighted by Crippen LogP contribution is -2.66. The quantitative estimate of drug-likeness (QED) is 0.481. The van der Waals surface area contributed by atoms with Crippen LogP contribution in [0.15, 0.2) is 42.7 Å². The molecule has 3 heterocycles. The van der Waals surface area contributed by atoms with Crippen LogP contribution in [0, 0.1) is 0 Å². The summed E-state index contributed by atoms with van der Waals surface area (Å²) >= 11 is 0. The zero-order chi connectivity index (χ0) is 27.2. The summed E-state index contributed by atoms with van der Waals surface area (Å²) in [6, 6.07) is 11.1. The summed E-state index contributed by atoms with van der Waals surface area (Å²) in [7, 11) is 5.43. The van der Waals surface area contributed by atoms with E-state index < -0.39 is 23.4 Å². The van der Waals surface area contributed by atoms with Crippen molar-refractivity contribution in [2.45, 2.75) is 32.0 Å². The topological polar surface area (TPSA) is 107 Å². The molecule has 0 radical (unpaired) electrons. The second-order valence-corrected chi connectivity index (χ2v) is 10.7. The molecule has 2 aliphatic heterocycles. The molecule has 11 heteroatoms. The standard InChI is InChI=1S/C27H31N5O6/c1-26(2,3)37-24(33)31-13-27(14-31)15-32(25(34)38-27)21-11-19-20(12-22(21)35-6)28-16-29-23(19)36-18-9-7-8-17(10-18)30(4)5/h7-12,16H,13-15H2,1-6H3. The molecule has 1 spiro atoms. The van der Waals surface area contributed by atoms with Gasteiger partial charge in [-0.25, -0.2) is 19.6 Å². The van der Waals surface area contributed by atoms with Crippen molar-refractivity contribution in [3.05, 3.63) is 42.7 Å². The summed E-state index contributed by atoms with van der Waals surface area (Å²) < 4.78 is 22.9. The SMILES string of the molecule is COc1cc2ncnc(Oc3cccc(N(C)C)c3)c2cc1N1CC2(CN(C(=O)OC(C)(C)C)C2)OC1=O. The number of fused-ring (bicyclic) bond motifs is 1. The van der Waals surface area contributed by atoms with Gasteiger partial charge in [-0.2, -0.15) is 0 Å². The molecule has 3 aromatic rings. The third-order valence-electron chi connectivity index (χ3n) is 6.32. The van der Waals surface area contributed by atoms with E-state index in [0.29, 0.717) is 34.0 Å². The van der Waals surface area contributed by atoms with Crippen LogP contribution in [-0.4, -0.2) is 79.1 Å². The molecule has 2 aliphatic rings. The van der Waals surface area contributed by atoms with Crippen LogP contribution in [0.1, 0.15) is 20.8 Å². The molecule has 11 nitrogen and oxygen atoms in total. The van der Waals surface area contributed by atoms with Gasteiger partial charge in [-0.15, -0.1) is 0 Å². The van der Waals surface area contributed by atoms with Crippen LogP contribution >= 0.6 is 0 Å². The minimum atomic E-state index is -0.812. The molecular weight excluding hydrogens is 490 g/mol. The van der Waals surface area contributed by atoms with E-state index >= 15 is 0 Å². The Morgan fingerprint density at radius 3 is 2.55 bits per heavy atom. The number of carbonyl (C=O) groups is 2. The molecule has 2 amide bonds. The Labute approximate surface area is 220 Å². The smallest absolute Gasteiger partial charge is 0.415 e. The molecule has 2 fully saturated rings. The normalized spacial score (nSPS) is 16.3. The third-order valence-corrected chi connectivity index (χ3v) is 6.32. The highest BCUT2D eigenvalue weighted by atomic mass is 16.6. The van der Waals surface area contributed by atoms with Gasteiger partial charge in [-0.1, -0.05) is 6.07 Å². The Morgan fingerprint density at radius 2 is 1.87 bits per heavy atom. The maximum atomic E-state index is 13.0. The number of carbonyl (C=O) groups excluding carboxylic acids is 2. The number of aromatic nitrogens is 2. The average Bonchev–Trinajstić information content (AvgIpc) is 3.19. The first-order valence-corrected chi connectivity index (χ1v) is 12.2. The first-order valence-electron chi connectivity index (χ1n) is 12.2. The average molecular weight is 522 g/mol. The van der Waals surface area contributed by atoms with E-state index in [-0.39, 0.29) is 19.6 Å². The fraction of sp³-hybridized carbons (Fsp3) is 0.407. The van der Waals surface area contributed by atoms with Crippen LogP contribution in [0.5, 0.6) is 17.4 Å². The first kappa shape index (κ1) is 25.4. The Hall–Kier alpha value is -4.28. The lowest BCUT2D eigenvalue weighted by atomic mass is 9.94. The predicted molar refractivity (Wildman–Crippen MR) is 141 cm³/mol. The highest BCUT2D eigenvalue weighted by Crippen LogP contribution is 2.42. The van der Waals surface area contributed by atoms with E-state index in [4.69, 9.17) is 18.9 Å². The van der Waals surface area contributed by atoms with E-state index in [0.717, 1.165) is 5.69 Å². The van der Waals surface area contributed by atoms with Gasteiger partial charge in [0.1, 0.15) is 23.4 Å². The fourth-order valence-electron chi connectivity index (χ4n) is 4.52. The van der Waals surface area contributed by atoms with Crippen LogP contribution in [0.2, 0.25) is 0 Å². The first-order chi connectivity index (χ1) is 18.0. The minimum Gasteiger partial charge on any atom is -0.494 e. The number of methoxy groups -OCH3 is 1. The maximum Gasteiger partial charge on any atom is 0.415 e. The summed E-state index contributed by atoms with van der Waals surface area (Å²) in [6.07, 6.45) is 0.466. The number of amides is 2. The molecule has 5 rings (SSSR count). The molecule has 0 unspecified atom stereocenters. The van der Waals surface area contributed by atoms with Crippen molar-refractivity contribution in [2.75, 3.05) is 50.6 Å². The van der Waals surface area contributed by atoms with E-state index in [9.17, 15) is 9.59 Å². The minimum absolute atomic E-state index is 0.250. The molecule has 1 aromatic heterocycles. The maximum absolute atomic E-state index is 13.0. The van der Waals surface area contributed by atoms with Gasteiger partial charge in [0.15, 0.2) is 5.60 Å². The lowest BCUT2D eigenvalue weighted by Gasteiger charge is -2.45. The van der Waals surface area contributed by atoms with Crippen LogP contribution in [0.4, 0.5) is 21.0 Å². The zero-order valence-corrected chi connectivity index (χ0v) is 22.3. The van der Waals surface area contributed by atoms with Crippen molar-refractivity contribution in [1.29, 1.82) is 0 Å². The van der Waals surface area contributed by atoms with Gasteiger partial charge in [-0.05, 0) is 39.0 Å². The Balaban J connectivity index is 1.42. The number of likely N-dealkylation sites (tertiary alicyclic amines) is 1. The molecule has 0 aliphatic carbocycles. The zero-order valence-electron chi connectivity index (χ0n) is 22.3. The fourth-order valence-corrected chi connectivity index (χ4v) is 4.52. The van der Waals surface area contributed by atoms with Gasteiger partial charge in [-0.3, -0.25) is 9.80 Å². The van der Waals surface area contributed by atoms with E-state index in [1.807, 2.05) is 64.0 Å². The van der Waals surface area contributed by atoms with Crippen molar-refractivity contribution < 1.29 is 28.5 Å². The van der Waals surface area contributed by atoms with Crippen molar-refractivity contribution >= 4 is 34.5 Å². The van der Waals surface area contributed by atoms with Gasteiger partial charge < -0.3 is 23.8 Å². The van der Waals surface area contributed by atoms with Crippen molar-refractivity contribution in [1.82, 2.24) is 14.9 Å². The summed E-state index contributed by atoms with van der Waals surface area (Å²) in [4.78, 5) is 39.2. The number of anilines is 2. The predicted octanol–water partition coefficient (Wildman–Crippen LogP) is 4.44. The molecule has 200 valence electrons. The summed E-state index contributed by atoms with van der Waals surface area (Å²) in [5, 5.41) is 0.608. The molecule has 0 N–H and O–H groups in total. The van der Waals surface area contributed by atoms with Crippen molar-refractivity contribution in [3.63, 3.8) is 0 Å². The molecule has 0 bridgehead atoms. The second-order valence-electron chi connectivity index (χ2n) is 10.7. The lowest BCUT2D eigenvalue weighted by molar-refractivity contribution is -0.0779. The van der Waals surface area contributed by atoms with Gasteiger partial charge in [0, 0.05) is 31.9 Å². The monoisotopic (exact) mass is 521 g/mol. The highest BCUT2D eigenvalue weighted by molar-refractivity contribution is 5.98. The highest BCUT2D eigenvalue weighted by Gasteiger charge is 2.56. The largest absolute Gasteiger partial charge is 0.494 e. The van der Waals surface area contributed by atoms with Gasteiger partial charge in [0.2, 0.25) is 5.88 Å². The van der Waals surface area contributed by atoms with E-state index in [1.165, 1.54) is 23.2 Å². The second kappa shape index (κ2) is 9.23. The van der Waals surface area contributed by atoms with Gasteiger partial charge in [0.25, 0.3) is 0 Å². The number of rotatable bonds is 5. The Kier molecular flexibility index (Phi) is 6.16. The molecule has 2 aromatic carbocycles. The van der Waals surface area contributed by atoms with Crippen molar-refractivity contribution in [3.8, 4) is 17.4 Å². The number of nitrogens with zero attached hydrogens (tertiary/aromatic N) is 5. The van der Waals surface area contributed by atoms with Crippen LogP contribution in [0.3, 0.4) is 0 Å². The summed E-state index contributed by atoms with van der Waals surface area (Å²) in [6.45, 7) is 6.18. The molecule has 2 saturated heterocycles. The van der Waals surface area contributed by atoms with Crippen LogP contribution in [0.25, 0.3) is 10.9 Å². The Morgan fingerprint density at radius 1 is 1.11 bits per heavy atom. The van der Waals surface area contributed by atoms with Crippen molar-refractivity contribution in [2.24, 2.45) is 0 Å². The van der Waals surface area contributed by atoms with Crippen LogP contribution in [-0.2, 0) is 9.47 Å².